The van der Waals surface area contributed by atoms with Gasteiger partial charge in [0.1, 0.15) is 14.1 Å². The molecule has 0 bridgehead atoms. The molecule has 0 saturated carbocycles. The van der Waals surface area contributed by atoms with Gasteiger partial charge in [-0.3, -0.25) is 0 Å². The molecule has 0 aliphatic carbocycles. The van der Waals surface area contributed by atoms with E-state index in [-0.39, 0.29) is 0 Å². The van der Waals surface area contributed by atoms with Crippen LogP contribution in [0.2, 0.25) is 0 Å². The first-order chi connectivity index (χ1) is 23.1. The SMILES string of the molecule is C[n+]1c2ccccc2c(/C=c2/cc/c(=c3\cc/c(=c4\cc/c(=C/c5c6ccccc6[n+](C)c6ccccc56)s4)s3)s2)c2ccccc21. The number of hydrogen-bond acceptors (Lipinski definition) is 3. The van der Waals surface area contributed by atoms with Gasteiger partial charge in [-0.1, -0.05) is 48.5 Å². The molecule has 0 saturated heterocycles. The summed E-state index contributed by atoms with van der Waals surface area (Å²) in [4.78, 5) is 0. The Bertz CT molecular complexity index is 2690. The van der Waals surface area contributed by atoms with Crippen molar-refractivity contribution >= 4 is 89.8 Å². The molecule has 0 fully saturated rings. The van der Waals surface area contributed by atoms with E-state index >= 15 is 0 Å². The summed E-state index contributed by atoms with van der Waals surface area (Å²) in [7, 11) is 4.32. The third-order valence-electron chi connectivity index (χ3n) is 9.14. The van der Waals surface area contributed by atoms with Crippen molar-refractivity contribution in [2.75, 3.05) is 0 Å². The summed E-state index contributed by atoms with van der Waals surface area (Å²) in [6.07, 6.45) is 4.73. The van der Waals surface area contributed by atoms with Gasteiger partial charge in [0.2, 0.25) is 22.1 Å². The van der Waals surface area contributed by atoms with Gasteiger partial charge in [0.25, 0.3) is 0 Å². The second-order valence-electron chi connectivity index (χ2n) is 11.9. The van der Waals surface area contributed by atoms with Gasteiger partial charge in [0.15, 0.2) is 0 Å². The average molecular weight is 659 g/mol. The largest absolute Gasteiger partial charge is 0.213 e. The Balaban J connectivity index is 1.19. The van der Waals surface area contributed by atoms with Crippen LogP contribution in [-0.2, 0) is 14.1 Å². The highest BCUT2D eigenvalue weighted by atomic mass is 32.1. The van der Waals surface area contributed by atoms with Crippen molar-refractivity contribution in [3.63, 3.8) is 0 Å². The molecule has 9 aromatic rings. The molecular formula is C42H30N2S3+2. The number of fused-ring (bicyclic) bond motifs is 4. The molecule has 0 amide bonds. The van der Waals surface area contributed by atoms with Crippen molar-refractivity contribution in [3.05, 3.63) is 172 Å². The highest BCUT2D eigenvalue weighted by Crippen LogP contribution is 2.27. The molecule has 5 aromatic heterocycles. The fraction of sp³-hybridized carbons (Fsp3) is 0.0476. The Hall–Kier alpha value is -4.94. The molecule has 0 aliphatic heterocycles. The van der Waals surface area contributed by atoms with E-state index < -0.39 is 0 Å². The summed E-state index contributed by atoms with van der Waals surface area (Å²) in [5.41, 5.74) is 7.54. The molecule has 224 valence electrons. The number of pyridine rings is 2. The minimum Gasteiger partial charge on any atom is -0.194 e. The molecule has 0 radical (unpaired) electrons. The maximum absolute atomic E-state index is 2.37. The molecule has 9 rings (SSSR count). The van der Waals surface area contributed by atoms with Gasteiger partial charge in [-0.25, -0.2) is 0 Å². The summed E-state index contributed by atoms with van der Waals surface area (Å²) in [6.45, 7) is 0. The number of benzene rings is 4. The monoisotopic (exact) mass is 658 g/mol. The van der Waals surface area contributed by atoms with Crippen molar-refractivity contribution in [1.29, 1.82) is 0 Å². The van der Waals surface area contributed by atoms with E-state index in [1.165, 1.54) is 81.9 Å². The van der Waals surface area contributed by atoms with Gasteiger partial charge in [-0.05, 0) is 72.8 Å². The maximum atomic E-state index is 2.37. The summed E-state index contributed by atoms with van der Waals surface area (Å²) in [5, 5.41) is 5.10. The first-order valence-corrected chi connectivity index (χ1v) is 18.2. The minimum absolute atomic E-state index is 1.24. The molecule has 5 heterocycles. The maximum Gasteiger partial charge on any atom is 0.213 e. The van der Waals surface area contributed by atoms with E-state index in [2.05, 4.69) is 169 Å². The van der Waals surface area contributed by atoms with E-state index in [1.807, 2.05) is 34.0 Å². The normalized spacial score (nSPS) is 14.3. The minimum atomic E-state index is 1.24. The highest BCUT2D eigenvalue weighted by molar-refractivity contribution is 7.13. The molecule has 0 atom stereocenters. The molecule has 0 unspecified atom stereocenters. The Kier molecular flexibility index (Phi) is 6.86. The van der Waals surface area contributed by atoms with Gasteiger partial charge in [-0.2, -0.15) is 9.13 Å². The number of hydrogen-bond donors (Lipinski definition) is 0. The van der Waals surface area contributed by atoms with Crippen LogP contribution in [0.1, 0.15) is 11.1 Å². The van der Waals surface area contributed by atoms with Crippen molar-refractivity contribution in [3.8, 4) is 0 Å². The summed E-state index contributed by atoms with van der Waals surface area (Å²) >= 11 is 5.61. The molecule has 47 heavy (non-hydrogen) atoms. The Labute approximate surface area is 283 Å². The quantitative estimate of drug-likeness (QED) is 0.130. The first-order valence-electron chi connectivity index (χ1n) is 15.7. The van der Waals surface area contributed by atoms with E-state index in [4.69, 9.17) is 0 Å². The van der Waals surface area contributed by atoms with Crippen LogP contribution < -0.4 is 18.2 Å². The Morgan fingerprint density at radius 3 is 1.02 bits per heavy atom. The highest BCUT2D eigenvalue weighted by Gasteiger charge is 2.17. The second-order valence-corrected chi connectivity index (χ2v) is 15.2. The molecule has 4 aromatic carbocycles. The third-order valence-corrected chi connectivity index (χ3v) is 12.7. The number of aromatic nitrogens is 2. The summed E-state index contributed by atoms with van der Waals surface area (Å²) in [6, 6.07) is 48.5. The number of rotatable bonds is 2. The fourth-order valence-electron chi connectivity index (χ4n) is 6.85. The molecule has 0 spiro atoms. The third kappa shape index (κ3) is 4.82. The zero-order valence-electron chi connectivity index (χ0n) is 26.0. The molecular weight excluding hydrogens is 629 g/mol. The Morgan fingerprint density at radius 2 is 0.660 bits per heavy atom. The van der Waals surface area contributed by atoms with E-state index in [0.717, 1.165) is 0 Å². The van der Waals surface area contributed by atoms with Crippen LogP contribution in [0, 0.1) is 18.1 Å². The van der Waals surface area contributed by atoms with Gasteiger partial charge in [0, 0.05) is 62.6 Å². The van der Waals surface area contributed by atoms with E-state index in [0.29, 0.717) is 0 Å². The van der Waals surface area contributed by atoms with Crippen LogP contribution in [0.3, 0.4) is 0 Å². The number of thiophene rings is 3. The van der Waals surface area contributed by atoms with Gasteiger partial charge in [0.05, 0.1) is 21.5 Å². The smallest absolute Gasteiger partial charge is 0.194 e. The zero-order chi connectivity index (χ0) is 31.5. The lowest BCUT2D eigenvalue weighted by Crippen LogP contribution is -2.30. The number of nitrogens with zero attached hydrogens (tertiary/aromatic N) is 2. The Morgan fingerprint density at radius 1 is 0.362 bits per heavy atom. The summed E-state index contributed by atoms with van der Waals surface area (Å²) in [5.74, 6) is 0. The van der Waals surface area contributed by atoms with E-state index in [9.17, 15) is 0 Å². The lowest BCUT2D eigenvalue weighted by atomic mass is 10.0. The lowest BCUT2D eigenvalue weighted by molar-refractivity contribution is -0.617. The van der Waals surface area contributed by atoms with Crippen LogP contribution in [0.5, 0.6) is 0 Å². The molecule has 0 N–H and O–H groups in total. The van der Waals surface area contributed by atoms with Crippen LogP contribution in [0.25, 0.3) is 55.8 Å². The van der Waals surface area contributed by atoms with Crippen molar-refractivity contribution in [1.82, 2.24) is 0 Å². The zero-order valence-corrected chi connectivity index (χ0v) is 28.4. The van der Waals surface area contributed by atoms with Crippen LogP contribution in [0.15, 0.2) is 133 Å². The second kappa shape index (κ2) is 11.4. The molecule has 5 heteroatoms. The lowest BCUT2D eigenvalue weighted by Gasteiger charge is -2.06. The first kappa shape index (κ1) is 28.3. The van der Waals surface area contributed by atoms with Crippen LogP contribution in [0.4, 0.5) is 0 Å². The van der Waals surface area contributed by atoms with Crippen LogP contribution in [-0.4, -0.2) is 0 Å². The average Bonchev–Trinajstić information content (AvgIpc) is 3.90. The number of para-hydroxylation sites is 4. The van der Waals surface area contributed by atoms with Gasteiger partial charge < -0.3 is 0 Å². The molecule has 2 nitrogen and oxygen atoms in total. The van der Waals surface area contributed by atoms with Gasteiger partial charge in [-0.15, -0.1) is 34.0 Å². The van der Waals surface area contributed by atoms with Gasteiger partial charge >= 0.3 is 0 Å². The predicted octanol–water partition coefficient (Wildman–Crippen LogP) is 8.36. The summed E-state index contributed by atoms with van der Waals surface area (Å²) < 4.78 is 12.4. The van der Waals surface area contributed by atoms with Crippen molar-refractivity contribution < 1.29 is 9.13 Å². The molecule has 0 aliphatic rings. The topological polar surface area (TPSA) is 7.76 Å². The standard InChI is InChI=1S/C42H30N2S3/c1-43-35-15-7-3-11-29(35)33(30-12-4-8-16-36(30)43)25-27-19-21-39(45-27)41-23-24-42(47-41)40-22-20-28(46-40)26-34-31-13-5-9-17-37(31)44(2)38-18-10-6-14-32(34)38/h3-26H,1-2H3/q+2/b27-25-,28-26-,41-39-,42-40-. The van der Waals surface area contributed by atoms with Crippen molar-refractivity contribution in [2.24, 2.45) is 14.1 Å². The van der Waals surface area contributed by atoms with E-state index in [1.54, 1.807) is 0 Å². The van der Waals surface area contributed by atoms with Crippen molar-refractivity contribution in [2.45, 2.75) is 0 Å². The number of aryl methyl sites for hydroxylation is 2. The predicted molar refractivity (Wildman–Crippen MR) is 200 cm³/mol. The van der Waals surface area contributed by atoms with Crippen LogP contribution >= 0.6 is 34.0 Å². The fourth-order valence-corrected chi connectivity index (χ4v) is 9.94.